The number of benzene rings is 2. The largest absolute Gasteiger partial charge is 0.381 e. The Morgan fingerprint density at radius 1 is 0.920 bits per heavy atom. The monoisotopic (exact) mass is 329 g/mol. The number of fused-ring (bicyclic) bond motifs is 2. The lowest BCUT2D eigenvalue weighted by atomic mass is 10.0. The Balaban J connectivity index is 1.64. The van der Waals surface area contributed by atoms with Crippen LogP contribution in [0.3, 0.4) is 0 Å². The zero-order valence-electron chi connectivity index (χ0n) is 13.9. The Bertz CT molecular complexity index is 1050. The van der Waals surface area contributed by atoms with Gasteiger partial charge in [0.25, 0.3) is 0 Å². The van der Waals surface area contributed by atoms with Gasteiger partial charge in [-0.3, -0.25) is 0 Å². The van der Waals surface area contributed by atoms with E-state index in [9.17, 15) is 0 Å². The van der Waals surface area contributed by atoms with Gasteiger partial charge in [-0.15, -0.1) is 0 Å². The second-order valence-electron chi connectivity index (χ2n) is 6.59. The molecule has 4 heteroatoms. The molecule has 1 fully saturated rings. The van der Waals surface area contributed by atoms with Gasteiger partial charge in [0.05, 0.1) is 6.33 Å². The Kier molecular flexibility index (Phi) is 3.49. The molecule has 1 aliphatic heterocycles. The Morgan fingerprint density at radius 2 is 1.76 bits per heavy atom. The van der Waals surface area contributed by atoms with Gasteiger partial charge in [0.15, 0.2) is 5.65 Å². The van der Waals surface area contributed by atoms with E-state index in [-0.39, 0.29) is 0 Å². The number of imidazole rings is 1. The summed E-state index contributed by atoms with van der Waals surface area (Å²) < 4.78 is 7.71. The maximum absolute atomic E-state index is 5.49. The minimum Gasteiger partial charge on any atom is -0.381 e. The highest BCUT2D eigenvalue weighted by molar-refractivity contribution is 5.94. The van der Waals surface area contributed by atoms with E-state index in [1.54, 1.807) is 0 Å². The minimum atomic E-state index is 0.429. The Labute approximate surface area is 146 Å². The van der Waals surface area contributed by atoms with Crippen molar-refractivity contribution in [3.63, 3.8) is 0 Å². The predicted molar refractivity (Wildman–Crippen MR) is 99.6 cm³/mol. The van der Waals surface area contributed by atoms with Crippen molar-refractivity contribution in [1.29, 1.82) is 0 Å². The average Bonchev–Trinajstić information content (AvgIpc) is 3.12. The van der Waals surface area contributed by atoms with E-state index in [0.717, 1.165) is 42.8 Å². The molecule has 0 atom stereocenters. The zero-order valence-corrected chi connectivity index (χ0v) is 13.9. The van der Waals surface area contributed by atoms with Crippen LogP contribution in [0.4, 0.5) is 0 Å². The quantitative estimate of drug-likeness (QED) is 0.539. The summed E-state index contributed by atoms with van der Waals surface area (Å²) in [6.45, 7) is 1.63. The van der Waals surface area contributed by atoms with E-state index in [1.807, 2.05) is 12.5 Å². The van der Waals surface area contributed by atoms with E-state index < -0.39 is 0 Å². The summed E-state index contributed by atoms with van der Waals surface area (Å²) in [4.78, 5) is 9.33. The molecule has 1 saturated heterocycles. The first-order chi connectivity index (χ1) is 12.4. The van der Waals surface area contributed by atoms with E-state index in [0.29, 0.717) is 6.04 Å². The van der Waals surface area contributed by atoms with Crippen molar-refractivity contribution in [3.8, 4) is 11.1 Å². The Morgan fingerprint density at radius 3 is 2.64 bits per heavy atom. The van der Waals surface area contributed by atoms with E-state index in [1.165, 1.54) is 16.3 Å². The zero-order chi connectivity index (χ0) is 16.6. The lowest BCUT2D eigenvalue weighted by Gasteiger charge is -2.23. The third kappa shape index (κ3) is 2.50. The van der Waals surface area contributed by atoms with Crippen molar-refractivity contribution in [2.24, 2.45) is 0 Å². The molecule has 0 N–H and O–H groups in total. The second kappa shape index (κ2) is 5.97. The van der Waals surface area contributed by atoms with Crippen LogP contribution in [0.1, 0.15) is 18.9 Å². The molecule has 2 aromatic heterocycles. The van der Waals surface area contributed by atoms with Crippen LogP contribution in [0, 0.1) is 0 Å². The van der Waals surface area contributed by atoms with Crippen LogP contribution in [-0.4, -0.2) is 27.7 Å². The van der Waals surface area contributed by atoms with Crippen LogP contribution in [0.2, 0.25) is 0 Å². The smallest absolute Gasteiger partial charge is 0.160 e. The number of rotatable bonds is 2. The summed E-state index contributed by atoms with van der Waals surface area (Å²) in [7, 11) is 0. The molecule has 1 aliphatic rings. The predicted octanol–water partition coefficient (Wildman–Crippen LogP) is 4.60. The molecule has 0 unspecified atom stereocenters. The number of nitrogens with zero attached hydrogens (tertiary/aromatic N) is 3. The summed E-state index contributed by atoms with van der Waals surface area (Å²) in [6.07, 6.45) is 5.88. The third-order valence-corrected chi connectivity index (χ3v) is 5.11. The molecule has 0 radical (unpaired) electrons. The number of pyridine rings is 1. The van der Waals surface area contributed by atoms with Gasteiger partial charge in [0.1, 0.15) is 5.52 Å². The van der Waals surface area contributed by atoms with Crippen molar-refractivity contribution in [1.82, 2.24) is 14.5 Å². The van der Waals surface area contributed by atoms with Crippen LogP contribution < -0.4 is 0 Å². The first-order valence-electron chi connectivity index (χ1n) is 8.78. The molecule has 124 valence electrons. The standard InChI is InChI=1S/C21H19N3O/c1-2-4-16-13-17(6-5-15(16)3-1)19-7-10-22-21-20(19)23-14-24(21)18-8-11-25-12-9-18/h1-7,10,13-14,18H,8-9,11-12H2. The fourth-order valence-corrected chi connectivity index (χ4v) is 3.75. The lowest BCUT2D eigenvalue weighted by molar-refractivity contribution is 0.0704. The average molecular weight is 329 g/mol. The molecular weight excluding hydrogens is 310 g/mol. The first kappa shape index (κ1) is 14.6. The molecule has 4 nitrogen and oxygen atoms in total. The molecule has 0 spiro atoms. The van der Waals surface area contributed by atoms with Crippen LogP contribution >= 0.6 is 0 Å². The highest BCUT2D eigenvalue weighted by Crippen LogP contribution is 2.31. The molecule has 4 aromatic rings. The normalized spacial score (nSPS) is 15.8. The lowest BCUT2D eigenvalue weighted by Crippen LogP contribution is -2.19. The molecule has 2 aromatic carbocycles. The van der Waals surface area contributed by atoms with Crippen LogP contribution in [0.15, 0.2) is 61.1 Å². The topological polar surface area (TPSA) is 39.9 Å². The number of aromatic nitrogens is 3. The third-order valence-electron chi connectivity index (χ3n) is 5.11. The van der Waals surface area contributed by atoms with Gasteiger partial charge < -0.3 is 9.30 Å². The first-order valence-corrected chi connectivity index (χ1v) is 8.78. The number of hydrogen-bond acceptors (Lipinski definition) is 3. The van der Waals surface area contributed by atoms with Gasteiger partial charge in [-0.25, -0.2) is 9.97 Å². The molecular formula is C21H19N3O. The van der Waals surface area contributed by atoms with E-state index >= 15 is 0 Å². The second-order valence-corrected chi connectivity index (χ2v) is 6.59. The maximum Gasteiger partial charge on any atom is 0.160 e. The van der Waals surface area contributed by atoms with Crippen molar-refractivity contribution >= 4 is 21.9 Å². The fraction of sp³-hybridized carbons (Fsp3) is 0.238. The van der Waals surface area contributed by atoms with Crippen LogP contribution in [-0.2, 0) is 4.74 Å². The maximum atomic E-state index is 5.49. The van der Waals surface area contributed by atoms with E-state index in [4.69, 9.17) is 9.72 Å². The summed E-state index contributed by atoms with van der Waals surface area (Å²) in [5.41, 5.74) is 4.27. The molecule has 0 saturated carbocycles. The van der Waals surface area contributed by atoms with Gasteiger partial charge in [-0.1, -0.05) is 36.4 Å². The van der Waals surface area contributed by atoms with Gasteiger partial charge >= 0.3 is 0 Å². The molecule has 3 heterocycles. The van der Waals surface area contributed by atoms with E-state index in [2.05, 4.69) is 58.1 Å². The molecule has 0 amide bonds. The van der Waals surface area contributed by atoms with Crippen molar-refractivity contribution in [2.75, 3.05) is 13.2 Å². The van der Waals surface area contributed by atoms with Crippen molar-refractivity contribution < 1.29 is 4.74 Å². The Hall–Kier alpha value is -2.72. The highest BCUT2D eigenvalue weighted by Gasteiger charge is 2.19. The number of ether oxygens (including phenoxy) is 1. The minimum absolute atomic E-state index is 0.429. The summed E-state index contributed by atoms with van der Waals surface area (Å²) >= 11 is 0. The number of hydrogen-bond donors (Lipinski definition) is 0. The van der Waals surface area contributed by atoms with Crippen LogP contribution in [0.5, 0.6) is 0 Å². The molecule has 5 rings (SSSR count). The van der Waals surface area contributed by atoms with Gasteiger partial charge in [0.2, 0.25) is 0 Å². The van der Waals surface area contributed by atoms with Gasteiger partial charge in [-0.05, 0) is 41.3 Å². The molecule has 25 heavy (non-hydrogen) atoms. The van der Waals surface area contributed by atoms with Crippen molar-refractivity contribution in [3.05, 3.63) is 61.1 Å². The summed E-state index contributed by atoms with van der Waals surface area (Å²) in [6, 6.07) is 17.5. The highest BCUT2D eigenvalue weighted by atomic mass is 16.5. The fourth-order valence-electron chi connectivity index (χ4n) is 3.75. The van der Waals surface area contributed by atoms with Gasteiger partial charge in [-0.2, -0.15) is 0 Å². The molecule has 0 bridgehead atoms. The summed E-state index contributed by atoms with van der Waals surface area (Å²) in [5.74, 6) is 0. The van der Waals surface area contributed by atoms with Crippen LogP contribution in [0.25, 0.3) is 33.1 Å². The van der Waals surface area contributed by atoms with Gasteiger partial charge in [0, 0.05) is 31.0 Å². The molecule has 0 aliphatic carbocycles. The van der Waals surface area contributed by atoms with Crippen molar-refractivity contribution in [2.45, 2.75) is 18.9 Å². The summed E-state index contributed by atoms with van der Waals surface area (Å²) in [5, 5.41) is 2.50. The SMILES string of the molecule is c1ccc2cc(-c3ccnc4c3ncn4C3CCOCC3)ccc2c1.